The summed E-state index contributed by atoms with van der Waals surface area (Å²) in [6.07, 6.45) is 5.16. The molecule has 2 atom stereocenters. The van der Waals surface area contributed by atoms with Crippen LogP contribution in [0.1, 0.15) is 62.8 Å². The third-order valence-corrected chi connectivity index (χ3v) is 9.44. The van der Waals surface area contributed by atoms with Crippen LogP contribution in [0.25, 0.3) is 10.6 Å². The summed E-state index contributed by atoms with van der Waals surface area (Å²) in [5.41, 5.74) is 0.535. The number of anilines is 2. The molecule has 220 valence electrons. The van der Waals surface area contributed by atoms with Crippen molar-refractivity contribution >= 4 is 57.2 Å². The first kappa shape index (κ1) is 29.7. The average Bonchev–Trinajstić information content (AvgIpc) is 3.63. The molecule has 3 aromatic heterocycles. The van der Waals surface area contributed by atoms with Gasteiger partial charge in [-0.2, -0.15) is 0 Å². The summed E-state index contributed by atoms with van der Waals surface area (Å²) in [7, 11) is 0. The van der Waals surface area contributed by atoms with E-state index in [0.29, 0.717) is 41.6 Å². The van der Waals surface area contributed by atoms with Crippen LogP contribution in [0, 0.1) is 0 Å². The van der Waals surface area contributed by atoms with E-state index in [1.165, 1.54) is 30.4 Å². The summed E-state index contributed by atoms with van der Waals surface area (Å²) in [6, 6.07) is 2.45. The standard InChI is InChI=1S/C28H36ClN7O3S2/c1-17-7-6-8-34(17)15-22-24(21-11-19(29)16-40-21)32-26(41-22)33-25(37)20-12-31-23(13-30-20)36-10-9-35(14-18(36)2)27(38)39-28(3,4)5/h11-13,16-18H,6-10,14-15H2,1-5H3,(H,32,33,37)/t17-,18-/m1/s1. The Bertz CT molecular complexity index is 1390. The maximum atomic E-state index is 13.1. The van der Waals surface area contributed by atoms with Gasteiger partial charge in [0, 0.05) is 48.5 Å². The van der Waals surface area contributed by atoms with Gasteiger partial charge in [0.1, 0.15) is 17.1 Å². The van der Waals surface area contributed by atoms with Gasteiger partial charge in [0.2, 0.25) is 0 Å². The van der Waals surface area contributed by atoms with E-state index < -0.39 is 5.60 Å². The molecule has 0 radical (unpaired) electrons. The molecule has 0 saturated carbocycles. The molecule has 0 spiro atoms. The van der Waals surface area contributed by atoms with Crippen molar-refractivity contribution in [3.63, 3.8) is 0 Å². The molecule has 2 aliphatic rings. The number of thiazole rings is 1. The van der Waals surface area contributed by atoms with E-state index in [1.54, 1.807) is 22.4 Å². The van der Waals surface area contributed by atoms with Gasteiger partial charge in [0.05, 0.1) is 28.0 Å². The topological polar surface area (TPSA) is 104 Å². The molecule has 2 aliphatic heterocycles. The van der Waals surface area contributed by atoms with E-state index >= 15 is 0 Å². The molecule has 0 bridgehead atoms. The van der Waals surface area contributed by atoms with E-state index in [9.17, 15) is 9.59 Å². The van der Waals surface area contributed by atoms with Crippen LogP contribution in [-0.2, 0) is 11.3 Å². The van der Waals surface area contributed by atoms with Gasteiger partial charge >= 0.3 is 6.09 Å². The van der Waals surface area contributed by atoms with Gasteiger partial charge in [-0.25, -0.2) is 19.7 Å². The van der Waals surface area contributed by atoms with Gasteiger partial charge in [-0.1, -0.05) is 22.9 Å². The molecule has 2 fully saturated rings. The van der Waals surface area contributed by atoms with Gasteiger partial charge in [0.25, 0.3) is 5.91 Å². The normalized spacial score (nSPS) is 20.0. The van der Waals surface area contributed by atoms with Gasteiger partial charge in [0.15, 0.2) is 5.13 Å². The summed E-state index contributed by atoms with van der Waals surface area (Å²) >= 11 is 9.25. The number of likely N-dealkylation sites (tertiary alicyclic amines) is 1. The maximum absolute atomic E-state index is 13.1. The lowest BCUT2D eigenvalue weighted by Crippen LogP contribution is -2.54. The minimum absolute atomic E-state index is 0.0153. The summed E-state index contributed by atoms with van der Waals surface area (Å²) in [6.45, 7) is 13.3. The highest BCUT2D eigenvalue weighted by Crippen LogP contribution is 2.38. The molecule has 5 heterocycles. The molecule has 41 heavy (non-hydrogen) atoms. The van der Waals surface area contributed by atoms with E-state index in [1.807, 2.05) is 39.1 Å². The largest absolute Gasteiger partial charge is 0.444 e. The van der Waals surface area contributed by atoms with E-state index in [0.717, 1.165) is 28.5 Å². The Kier molecular flexibility index (Phi) is 8.84. The minimum Gasteiger partial charge on any atom is -0.444 e. The van der Waals surface area contributed by atoms with Crippen molar-refractivity contribution in [2.75, 3.05) is 36.4 Å². The zero-order valence-corrected chi connectivity index (χ0v) is 26.4. The monoisotopic (exact) mass is 617 g/mol. The Balaban J connectivity index is 1.25. The molecule has 2 amide bonds. The molecule has 3 aromatic rings. The lowest BCUT2D eigenvalue weighted by molar-refractivity contribution is 0.0218. The number of piperazine rings is 1. The quantitative estimate of drug-likeness (QED) is 0.359. The molecule has 1 N–H and O–H groups in total. The van der Waals surface area contributed by atoms with Crippen LogP contribution in [0.3, 0.4) is 0 Å². The summed E-state index contributed by atoms with van der Waals surface area (Å²) in [5.74, 6) is 0.295. The Hall–Kier alpha value is -2.80. The Labute approximate surface area is 253 Å². The van der Waals surface area contributed by atoms with Crippen molar-refractivity contribution in [1.82, 2.24) is 24.8 Å². The maximum Gasteiger partial charge on any atom is 0.410 e. The fourth-order valence-corrected chi connectivity index (χ4v) is 7.24. The number of carbonyl (C=O) groups is 2. The van der Waals surface area contributed by atoms with Gasteiger partial charge in [-0.15, -0.1) is 11.3 Å². The SMILES string of the molecule is C[C@@H]1CCCN1Cc1sc(NC(=O)c2cnc(N3CCN(C(=O)OC(C)(C)C)C[C@H]3C)cn2)nc1-c1cc(Cl)cs1. The Morgan fingerprint density at radius 1 is 1.15 bits per heavy atom. The molecule has 5 rings (SSSR count). The van der Waals surface area contributed by atoms with Crippen molar-refractivity contribution < 1.29 is 14.3 Å². The lowest BCUT2D eigenvalue weighted by Gasteiger charge is -2.40. The zero-order chi connectivity index (χ0) is 29.3. The highest BCUT2D eigenvalue weighted by molar-refractivity contribution is 7.17. The van der Waals surface area contributed by atoms with E-state index in [4.69, 9.17) is 21.3 Å². The number of amides is 2. The highest BCUT2D eigenvalue weighted by atomic mass is 35.5. The smallest absolute Gasteiger partial charge is 0.410 e. The van der Waals surface area contributed by atoms with Gasteiger partial charge in [-0.3, -0.25) is 15.0 Å². The molecule has 0 aliphatic carbocycles. The van der Waals surface area contributed by atoms with E-state index in [-0.39, 0.29) is 23.7 Å². The molecule has 0 unspecified atom stereocenters. The Morgan fingerprint density at radius 3 is 2.56 bits per heavy atom. The third kappa shape index (κ3) is 7.17. The number of ether oxygens (including phenoxy) is 1. The average molecular weight is 618 g/mol. The van der Waals surface area contributed by atoms with Crippen molar-refractivity contribution in [2.45, 2.75) is 71.7 Å². The molecule has 13 heteroatoms. The second kappa shape index (κ2) is 12.2. The van der Waals surface area contributed by atoms with E-state index in [2.05, 4.69) is 32.0 Å². The van der Waals surface area contributed by atoms with Crippen molar-refractivity contribution in [1.29, 1.82) is 0 Å². The van der Waals surface area contributed by atoms with Crippen LogP contribution >= 0.6 is 34.3 Å². The number of thiophene rings is 1. The molecule has 2 saturated heterocycles. The first-order valence-electron chi connectivity index (χ1n) is 13.8. The van der Waals surface area contributed by atoms with Crippen LogP contribution in [0.5, 0.6) is 0 Å². The first-order valence-corrected chi connectivity index (χ1v) is 15.9. The van der Waals surface area contributed by atoms with Gasteiger partial charge in [-0.05, 0) is 60.1 Å². The number of carbonyl (C=O) groups excluding carboxylic acids is 2. The summed E-state index contributed by atoms with van der Waals surface area (Å²) in [5, 5.41) is 6.02. The highest BCUT2D eigenvalue weighted by Gasteiger charge is 2.31. The number of halogens is 1. The second-order valence-electron chi connectivity index (χ2n) is 11.6. The zero-order valence-electron chi connectivity index (χ0n) is 24.0. The number of aromatic nitrogens is 3. The van der Waals surface area contributed by atoms with Gasteiger partial charge < -0.3 is 14.5 Å². The van der Waals surface area contributed by atoms with Crippen LogP contribution in [0.4, 0.5) is 15.7 Å². The minimum atomic E-state index is -0.536. The molecule has 10 nitrogen and oxygen atoms in total. The number of hydrogen-bond acceptors (Lipinski definition) is 10. The number of nitrogens with one attached hydrogen (secondary N) is 1. The Morgan fingerprint density at radius 2 is 1.95 bits per heavy atom. The fourth-order valence-electron chi connectivity index (χ4n) is 5.09. The number of hydrogen-bond donors (Lipinski definition) is 1. The number of nitrogens with zero attached hydrogens (tertiary/aromatic N) is 6. The van der Waals surface area contributed by atoms with Crippen LogP contribution < -0.4 is 10.2 Å². The molecular weight excluding hydrogens is 582 g/mol. The van der Waals surface area contributed by atoms with Crippen LogP contribution in [0.2, 0.25) is 5.02 Å². The lowest BCUT2D eigenvalue weighted by atomic mass is 10.2. The van der Waals surface area contributed by atoms with Crippen LogP contribution in [0.15, 0.2) is 23.8 Å². The first-order chi connectivity index (χ1) is 19.5. The molecule has 0 aromatic carbocycles. The summed E-state index contributed by atoms with van der Waals surface area (Å²) < 4.78 is 5.51. The predicted octanol–water partition coefficient (Wildman–Crippen LogP) is 6.00. The van der Waals surface area contributed by atoms with Crippen LogP contribution in [-0.4, -0.2) is 80.6 Å². The predicted molar refractivity (Wildman–Crippen MR) is 164 cm³/mol. The fraction of sp³-hybridized carbons (Fsp3) is 0.536. The van der Waals surface area contributed by atoms with Crippen molar-refractivity contribution in [3.05, 3.63) is 39.4 Å². The third-order valence-electron chi connectivity index (χ3n) is 7.20. The summed E-state index contributed by atoms with van der Waals surface area (Å²) in [4.78, 5) is 47.6. The number of rotatable bonds is 6. The second-order valence-corrected chi connectivity index (χ2v) is 14.0. The molecular formula is C28H36ClN7O3S2. The van der Waals surface area contributed by atoms with Crippen molar-refractivity contribution in [2.24, 2.45) is 0 Å². The van der Waals surface area contributed by atoms with Crippen molar-refractivity contribution in [3.8, 4) is 10.6 Å².